The maximum atomic E-state index is 12.5. The van der Waals surface area contributed by atoms with Gasteiger partial charge in [0.05, 0.1) is 0 Å². The third-order valence-electron chi connectivity index (χ3n) is 4.29. The Hall–Kier alpha value is -2.62. The lowest BCUT2D eigenvalue weighted by Crippen LogP contribution is -2.31. The Kier molecular flexibility index (Phi) is 6.96. The predicted octanol–water partition coefficient (Wildman–Crippen LogP) is 3.90. The van der Waals surface area contributed by atoms with Gasteiger partial charge in [-0.15, -0.1) is 0 Å². The molecule has 1 atom stereocenters. The fourth-order valence-corrected chi connectivity index (χ4v) is 3.07. The van der Waals surface area contributed by atoms with Crippen molar-refractivity contribution in [3.63, 3.8) is 0 Å². The van der Waals surface area contributed by atoms with E-state index in [2.05, 4.69) is 36.5 Å². The molecule has 138 valence electrons. The molecule has 4 heteroatoms. The first-order valence-corrected chi connectivity index (χ1v) is 9.12. The van der Waals surface area contributed by atoms with E-state index in [1.165, 1.54) is 12.5 Å². The number of nitrogens with zero attached hydrogens (tertiary/aromatic N) is 1. The van der Waals surface area contributed by atoms with E-state index in [1.54, 1.807) is 4.90 Å². The van der Waals surface area contributed by atoms with E-state index in [9.17, 15) is 9.59 Å². The second-order valence-corrected chi connectivity index (χ2v) is 6.81. The summed E-state index contributed by atoms with van der Waals surface area (Å²) in [6.07, 6.45) is 1.74. The minimum Gasteiger partial charge on any atom is -0.354 e. The van der Waals surface area contributed by atoms with Crippen molar-refractivity contribution in [3.8, 4) is 11.1 Å². The van der Waals surface area contributed by atoms with E-state index < -0.39 is 0 Å². The van der Waals surface area contributed by atoms with Gasteiger partial charge in [0.1, 0.15) is 0 Å². The van der Waals surface area contributed by atoms with Gasteiger partial charge in [0.15, 0.2) is 0 Å². The van der Waals surface area contributed by atoms with Gasteiger partial charge >= 0.3 is 0 Å². The molecule has 1 N–H and O–H groups in total. The van der Waals surface area contributed by atoms with Crippen molar-refractivity contribution < 1.29 is 9.59 Å². The number of benzene rings is 2. The van der Waals surface area contributed by atoms with Gasteiger partial charge in [0, 0.05) is 32.1 Å². The maximum absolute atomic E-state index is 12.5. The standard InChI is InChI=1S/C22H28N2O2/c1-5-13-24(4)22(26)21-8-6-7-20(15-21)19-11-9-18(10-12-19)14-16(2)23-17(3)25/h6-12,15-16H,5,13-14H2,1-4H3,(H,23,25). The van der Waals surface area contributed by atoms with Gasteiger partial charge in [-0.2, -0.15) is 0 Å². The molecule has 0 spiro atoms. The van der Waals surface area contributed by atoms with Gasteiger partial charge in [-0.3, -0.25) is 9.59 Å². The molecule has 4 nitrogen and oxygen atoms in total. The van der Waals surface area contributed by atoms with Crippen LogP contribution in [0.3, 0.4) is 0 Å². The molecule has 0 aliphatic heterocycles. The number of carbonyl (C=O) groups is 2. The topological polar surface area (TPSA) is 49.4 Å². The maximum Gasteiger partial charge on any atom is 0.253 e. The molecule has 2 aromatic rings. The van der Waals surface area contributed by atoms with Crippen LogP contribution in [0, 0.1) is 0 Å². The number of carbonyl (C=O) groups excluding carboxylic acids is 2. The zero-order chi connectivity index (χ0) is 19.1. The summed E-state index contributed by atoms with van der Waals surface area (Å²) in [5, 5.41) is 2.90. The van der Waals surface area contributed by atoms with Crippen molar-refractivity contribution in [1.29, 1.82) is 0 Å². The fraction of sp³-hybridized carbons (Fsp3) is 0.364. The number of amides is 2. The Morgan fingerprint density at radius 3 is 2.38 bits per heavy atom. The molecule has 0 aliphatic rings. The molecular weight excluding hydrogens is 324 g/mol. The number of hydrogen-bond donors (Lipinski definition) is 1. The van der Waals surface area contributed by atoms with Gasteiger partial charge in [-0.05, 0) is 48.6 Å². The van der Waals surface area contributed by atoms with Crippen LogP contribution in [0.15, 0.2) is 48.5 Å². The Labute approximate surface area is 156 Å². The monoisotopic (exact) mass is 352 g/mol. The zero-order valence-electron chi connectivity index (χ0n) is 16.1. The summed E-state index contributed by atoms with van der Waals surface area (Å²) in [7, 11) is 1.84. The van der Waals surface area contributed by atoms with Crippen LogP contribution >= 0.6 is 0 Å². The lowest BCUT2D eigenvalue weighted by Gasteiger charge is -2.16. The van der Waals surface area contributed by atoms with Crippen LogP contribution in [-0.4, -0.2) is 36.3 Å². The van der Waals surface area contributed by atoms with Crippen LogP contribution in [-0.2, 0) is 11.2 Å². The quantitative estimate of drug-likeness (QED) is 0.821. The molecule has 0 heterocycles. The van der Waals surface area contributed by atoms with Gasteiger partial charge in [0.2, 0.25) is 5.91 Å². The van der Waals surface area contributed by atoms with Crippen LogP contribution in [0.25, 0.3) is 11.1 Å². The molecule has 0 saturated carbocycles. The lowest BCUT2D eigenvalue weighted by atomic mass is 9.99. The molecular formula is C22H28N2O2. The van der Waals surface area contributed by atoms with Gasteiger partial charge in [-0.1, -0.05) is 43.3 Å². The molecule has 0 radical (unpaired) electrons. The van der Waals surface area contributed by atoms with Gasteiger partial charge in [-0.25, -0.2) is 0 Å². The first kappa shape index (κ1) is 19.7. The third kappa shape index (κ3) is 5.45. The Morgan fingerprint density at radius 1 is 1.08 bits per heavy atom. The van der Waals surface area contributed by atoms with Crippen LogP contribution in [0.5, 0.6) is 0 Å². The van der Waals surface area contributed by atoms with Crippen LogP contribution in [0.1, 0.15) is 43.1 Å². The summed E-state index contributed by atoms with van der Waals surface area (Å²) in [5.41, 5.74) is 3.99. The molecule has 0 fully saturated rings. The van der Waals surface area contributed by atoms with E-state index in [4.69, 9.17) is 0 Å². The third-order valence-corrected chi connectivity index (χ3v) is 4.29. The first-order chi connectivity index (χ1) is 12.4. The minimum absolute atomic E-state index is 0.0105. The van der Waals surface area contributed by atoms with Crippen molar-refractivity contribution >= 4 is 11.8 Å². The average Bonchev–Trinajstić information content (AvgIpc) is 2.61. The van der Waals surface area contributed by atoms with E-state index in [-0.39, 0.29) is 17.9 Å². The molecule has 0 aliphatic carbocycles. The van der Waals surface area contributed by atoms with Crippen LogP contribution in [0.2, 0.25) is 0 Å². The number of nitrogens with one attached hydrogen (secondary N) is 1. The van der Waals surface area contributed by atoms with Gasteiger partial charge < -0.3 is 10.2 Å². The fourth-order valence-electron chi connectivity index (χ4n) is 3.07. The summed E-state index contributed by atoms with van der Waals surface area (Å²) in [6, 6.07) is 16.1. The van der Waals surface area contributed by atoms with E-state index in [1.807, 2.05) is 38.2 Å². The summed E-state index contributed by atoms with van der Waals surface area (Å²) in [4.78, 5) is 25.3. The van der Waals surface area contributed by atoms with Crippen LogP contribution < -0.4 is 5.32 Å². The predicted molar refractivity (Wildman–Crippen MR) is 106 cm³/mol. The van der Waals surface area contributed by atoms with E-state index in [0.29, 0.717) is 5.56 Å². The summed E-state index contributed by atoms with van der Waals surface area (Å²) >= 11 is 0. The Balaban J connectivity index is 2.13. The van der Waals surface area contributed by atoms with Crippen molar-refractivity contribution in [1.82, 2.24) is 10.2 Å². The molecule has 0 aromatic heterocycles. The molecule has 0 bridgehead atoms. The Morgan fingerprint density at radius 2 is 1.77 bits per heavy atom. The summed E-state index contributed by atoms with van der Waals surface area (Å²) in [5.74, 6) is 0.0399. The zero-order valence-corrected chi connectivity index (χ0v) is 16.1. The summed E-state index contributed by atoms with van der Waals surface area (Å²) in [6.45, 7) is 6.35. The highest BCUT2D eigenvalue weighted by Crippen LogP contribution is 2.22. The highest BCUT2D eigenvalue weighted by atomic mass is 16.2. The number of hydrogen-bond acceptors (Lipinski definition) is 2. The average molecular weight is 352 g/mol. The van der Waals surface area contributed by atoms with Crippen molar-refractivity contribution in [2.45, 2.75) is 39.7 Å². The first-order valence-electron chi connectivity index (χ1n) is 9.12. The molecule has 2 aromatic carbocycles. The van der Waals surface area contributed by atoms with Crippen molar-refractivity contribution in [3.05, 3.63) is 59.7 Å². The molecule has 2 rings (SSSR count). The van der Waals surface area contributed by atoms with Crippen molar-refractivity contribution in [2.24, 2.45) is 0 Å². The van der Waals surface area contributed by atoms with E-state index in [0.717, 1.165) is 30.5 Å². The molecule has 1 unspecified atom stereocenters. The largest absolute Gasteiger partial charge is 0.354 e. The molecule has 0 saturated heterocycles. The highest BCUT2D eigenvalue weighted by molar-refractivity contribution is 5.95. The van der Waals surface area contributed by atoms with Crippen molar-refractivity contribution in [2.75, 3.05) is 13.6 Å². The Bertz CT molecular complexity index is 753. The minimum atomic E-state index is -0.0105. The highest BCUT2D eigenvalue weighted by Gasteiger charge is 2.12. The summed E-state index contributed by atoms with van der Waals surface area (Å²) < 4.78 is 0. The second-order valence-electron chi connectivity index (χ2n) is 6.81. The molecule has 26 heavy (non-hydrogen) atoms. The lowest BCUT2D eigenvalue weighted by molar-refractivity contribution is -0.119. The van der Waals surface area contributed by atoms with Crippen LogP contribution in [0.4, 0.5) is 0 Å². The second kappa shape index (κ2) is 9.18. The number of rotatable bonds is 7. The smallest absolute Gasteiger partial charge is 0.253 e. The van der Waals surface area contributed by atoms with Gasteiger partial charge in [0.25, 0.3) is 5.91 Å². The molecule has 2 amide bonds. The SMILES string of the molecule is CCCN(C)C(=O)c1cccc(-c2ccc(CC(C)NC(C)=O)cc2)c1. The normalized spacial score (nSPS) is 11.7. The van der Waals surface area contributed by atoms with E-state index >= 15 is 0 Å².